The van der Waals surface area contributed by atoms with E-state index in [0.717, 1.165) is 11.8 Å². The fourth-order valence-electron chi connectivity index (χ4n) is 0.925. The average molecular weight is 244 g/mol. The molecule has 0 unspecified atom stereocenters. The minimum Gasteiger partial charge on any atom is -0.481 e. The largest absolute Gasteiger partial charge is 0.481 e. The number of thioether (sulfide) groups is 1. The van der Waals surface area contributed by atoms with Crippen LogP contribution in [0.5, 0.6) is 0 Å². The first-order chi connectivity index (χ1) is 7.49. The summed E-state index contributed by atoms with van der Waals surface area (Å²) < 4.78 is 4.78. The number of hydrogen-bond acceptors (Lipinski definition) is 5. The lowest BCUT2D eigenvalue weighted by molar-refractivity contribution is -0.133. The van der Waals surface area contributed by atoms with Crippen LogP contribution in [0.4, 0.5) is 5.82 Å². The standard InChI is InChI=1S/C9H12N2O4S/c1-5-3-7(11-15-5)10-9(14)6(2)16-4-8(12)13/h3,6H,4H2,1-2H3,(H,12,13)(H,10,11,14)/t6-/m1/s1. The van der Waals surface area contributed by atoms with Crippen molar-refractivity contribution in [1.29, 1.82) is 0 Å². The molecule has 6 nitrogen and oxygen atoms in total. The van der Waals surface area contributed by atoms with Gasteiger partial charge in [-0.2, -0.15) is 0 Å². The van der Waals surface area contributed by atoms with Crippen molar-refractivity contribution in [1.82, 2.24) is 5.16 Å². The highest BCUT2D eigenvalue weighted by atomic mass is 32.2. The first kappa shape index (κ1) is 12.6. The first-order valence-corrected chi connectivity index (χ1v) is 5.61. The molecule has 0 fully saturated rings. The number of hydrogen-bond donors (Lipinski definition) is 2. The monoisotopic (exact) mass is 244 g/mol. The molecule has 1 rings (SSSR count). The van der Waals surface area contributed by atoms with E-state index in [1.54, 1.807) is 19.9 Å². The zero-order valence-electron chi connectivity index (χ0n) is 8.89. The lowest BCUT2D eigenvalue weighted by atomic mass is 10.4. The summed E-state index contributed by atoms with van der Waals surface area (Å²) in [6.45, 7) is 3.35. The molecular formula is C9H12N2O4S. The SMILES string of the molecule is Cc1cc(NC(=O)[C@@H](C)SCC(=O)O)no1. The molecule has 1 amide bonds. The number of carbonyl (C=O) groups excluding carboxylic acids is 1. The summed E-state index contributed by atoms with van der Waals surface area (Å²) in [5, 5.41) is 14.1. The van der Waals surface area contributed by atoms with Gasteiger partial charge in [0.2, 0.25) is 5.91 Å². The summed E-state index contributed by atoms with van der Waals surface area (Å²) in [6, 6.07) is 1.59. The highest BCUT2D eigenvalue weighted by Gasteiger charge is 2.16. The van der Waals surface area contributed by atoms with Gasteiger partial charge < -0.3 is 14.9 Å². The lowest BCUT2D eigenvalue weighted by Gasteiger charge is -2.08. The van der Waals surface area contributed by atoms with Gasteiger partial charge in [-0.1, -0.05) is 5.16 Å². The Hall–Kier alpha value is -1.50. The fraction of sp³-hybridized carbons (Fsp3) is 0.444. The van der Waals surface area contributed by atoms with Gasteiger partial charge in [0.1, 0.15) is 5.76 Å². The molecule has 0 spiro atoms. The van der Waals surface area contributed by atoms with E-state index < -0.39 is 11.2 Å². The Morgan fingerprint density at radius 1 is 1.69 bits per heavy atom. The van der Waals surface area contributed by atoms with Crippen molar-refractivity contribution >= 4 is 29.5 Å². The van der Waals surface area contributed by atoms with Gasteiger partial charge in [0, 0.05) is 6.07 Å². The molecule has 0 aliphatic rings. The second kappa shape index (κ2) is 5.55. The molecule has 16 heavy (non-hydrogen) atoms. The van der Waals surface area contributed by atoms with Gasteiger partial charge in [-0.15, -0.1) is 11.8 Å². The Morgan fingerprint density at radius 3 is 2.88 bits per heavy atom. The molecule has 1 heterocycles. The minimum absolute atomic E-state index is 0.105. The van der Waals surface area contributed by atoms with E-state index in [2.05, 4.69) is 10.5 Å². The van der Waals surface area contributed by atoms with Crippen LogP contribution in [0.3, 0.4) is 0 Å². The van der Waals surface area contributed by atoms with E-state index in [0.29, 0.717) is 11.6 Å². The molecule has 0 aromatic carbocycles. The summed E-state index contributed by atoms with van der Waals surface area (Å²) >= 11 is 1.05. The number of aliphatic carboxylic acids is 1. The number of carbonyl (C=O) groups is 2. The predicted octanol–water partition coefficient (Wildman–Crippen LogP) is 1.13. The van der Waals surface area contributed by atoms with Crippen molar-refractivity contribution < 1.29 is 19.2 Å². The summed E-state index contributed by atoms with van der Waals surface area (Å²) in [7, 11) is 0. The van der Waals surface area contributed by atoms with Crippen LogP contribution in [-0.4, -0.2) is 33.1 Å². The molecule has 2 N–H and O–H groups in total. The van der Waals surface area contributed by atoms with Crippen LogP contribution in [-0.2, 0) is 9.59 Å². The summed E-state index contributed by atoms with van der Waals surface area (Å²) in [5.74, 6) is -0.403. The van der Waals surface area contributed by atoms with Crippen molar-refractivity contribution in [3.8, 4) is 0 Å². The Balaban J connectivity index is 2.42. The summed E-state index contributed by atoms with van der Waals surface area (Å²) in [6.07, 6.45) is 0. The molecule has 0 radical (unpaired) electrons. The maximum Gasteiger partial charge on any atom is 0.313 e. The van der Waals surface area contributed by atoms with Crippen molar-refractivity contribution in [2.24, 2.45) is 0 Å². The molecule has 0 bridgehead atoms. The second-order valence-electron chi connectivity index (χ2n) is 3.16. The number of anilines is 1. The molecule has 1 atom stereocenters. The van der Waals surface area contributed by atoms with E-state index in [-0.39, 0.29) is 11.7 Å². The van der Waals surface area contributed by atoms with Crippen molar-refractivity contribution in [3.63, 3.8) is 0 Å². The minimum atomic E-state index is -0.943. The third-order valence-corrected chi connectivity index (χ3v) is 2.83. The molecule has 1 aromatic rings. The maximum atomic E-state index is 11.5. The number of amides is 1. The van der Waals surface area contributed by atoms with Crippen LogP contribution >= 0.6 is 11.8 Å². The predicted molar refractivity (Wildman–Crippen MR) is 59.4 cm³/mol. The Bertz CT molecular complexity index is 391. The number of aromatic nitrogens is 1. The van der Waals surface area contributed by atoms with Gasteiger partial charge >= 0.3 is 5.97 Å². The average Bonchev–Trinajstić information content (AvgIpc) is 2.60. The van der Waals surface area contributed by atoms with Gasteiger partial charge in [-0.3, -0.25) is 9.59 Å². The summed E-state index contributed by atoms with van der Waals surface area (Å²) in [5.41, 5.74) is 0. The Labute approximate surface area is 96.4 Å². The van der Waals surface area contributed by atoms with E-state index in [1.165, 1.54) is 0 Å². The molecule has 0 aliphatic carbocycles. The highest BCUT2D eigenvalue weighted by Crippen LogP contribution is 2.13. The number of nitrogens with zero attached hydrogens (tertiary/aromatic N) is 1. The molecule has 88 valence electrons. The van der Waals surface area contributed by atoms with Crippen LogP contribution in [0.1, 0.15) is 12.7 Å². The van der Waals surface area contributed by atoms with E-state index >= 15 is 0 Å². The smallest absolute Gasteiger partial charge is 0.313 e. The van der Waals surface area contributed by atoms with Crippen molar-refractivity contribution in [2.45, 2.75) is 19.1 Å². The molecule has 0 saturated carbocycles. The van der Waals surface area contributed by atoms with Crippen LogP contribution in [0.15, 0.2) is 10.6 Å². The number of nitrogens with one attached hydrogen (secondary N) is 1. The summed E-state index contributed by atoms with van der Waals surface area (Å²) in [4.78, 5) is 21.8. The number of carboxylic acid groups (broad SMARTS) is 1. The third kappa shape index (κ3) is 3.93. The normalized spacial score (nSPS) is 12.1. The van der Waals surface area contributed by atoms with Crippen LogP contribution in [0.25, 0.3) is 0 Å². The molecule has 0 aliphatic heterocycles. The Morgan fingerprint density at radius 2 is 2.38 bits per heavy atom. The van der Waals surface area contributed by atoms with Crippen LogP contribution in [0, 0.1) is 6.92 Å². The number of aryl methyl sites for hydroxylation is 1. The lowest BCUT2D eigenvalue weighted by Crippen LogP contribution is -2.23. The van der Waals surface area contributed by atoms with Crippen LogP contribution in [0.2, 0.25) is 0 Å². The second-order valence-corrected chi connectivity index (χ2v) is 4.49. The molecule has 0 saturated heterocycles. The van der Waals surface area contributed by atoms with Gasteiger partial charge in [0.15, 0.2) is 5.82 Å². The van der Waals surface area contributed by atoms with Gasteiger partial charge in [-0.05, 0) is 13.8 Å². The maximum absolute atomic E-state index is 11.5. The van der Waals surface area contributed by atoms with Crippen molar-refractivity contribution in [2.75, 3.05) is 11.1 Å². The van der Waals surface area contributed by atoms with Crippen molar-refractivity contribution in [3.05, 3.63) is 11.8 Å². The zero-order chi connectivity index (χ0) is 12.1. The van der Waals surface area contributed by atoms with E-state index in [9.17, 15) is 9.59 Å². The topological polar surface area (TPSA) is 92.4 Å². The third-order valence-electron chi connectivity index (χ3n) is 1.71. The van der Waals surface area contributed by atoms with Gasteiger partial charge in [0.05, 0.1) is 11.0 Å². The molecule has 7 heteroatoms. The number of rotatable bonds is 5. The number of carboxylic acids is 1. The van der Waals surface area contributed by atoms with E-state index in [4.69, 9.17) is 9.63 Å². The Kier molecular flexibility index (Phi) is 4.36. The van der Waals surface area contributed by atoms with Gasteiger partial charge in [-0.25, -0.2) is 0 Å². The first-order valence-electron chi connectivity index (χ1n) is 4.56. The van der Waals surface area contributed by atoms with Crippen LogP contribution < -0.4 is 5.32 Å². The quantitative estimate of drug-likeness (QED) is 0.806. The highest BCUT2D eigenvalue weighted by molar-refractivity contribution is 8.01. The van der Waals surface area contributed by atoms with E-state index in [1.807, 2.05) is 0 Å². The molecular weight excluding hydrogens is 232 g/mol. The molecule has 1 aromatic heterocycles. The van der Waals surface area contributed by atoms with Gasteiger partial charge in [0.25, 0.3) is 0 Å². The zero-order valence-corrected chi connectivity index (χ0v) is 9.71. The fourth-order valence-corrected chi connectivity index (χ4v) is 1.53.